The molecule has 4 rings (SSSR count). The van der Waals surface area contributed by atoms with E-state index >= 15 is 0 Å². The van der Waals surface area contributed by atoms with Gasteiger partial charge in [-0.05, 0) is 38.0 Å². The Kier molecular flexibility index (Phi) is 4.65. The third kappa shape index (κ3) is 3.57. The van der Waals surface area contributed by atoms with Crippen LogP contribution in [0.4, 0.5) is 10.1 Å². The van der Waals surface area contributed by atoms with Crippen molar-refractivity contribution in [2.45, 2.75) is 36.2 Å². The van der Waals surface area contributed by atoms with Crippen LogP contribution < -0.4 is 5.32 Å². The quantitative estimate of drug-likeness (QED) is 0.702. The van der Waals surface area contributed by atoms with Crippen LogP contribution in [0.2, 0.25) is 0 Å². The molecule has 6 nitrogen and oxygen atoms in total. The molecule has 1 fully saturated rings. The van der Waals surface area contributed by atoms with Crippen molar-refractivity contribution < 1.29 is 9.18 Å². The molecule has 8 heteroatoms. The number of nitrogens with one attached hydrogen (secondary N) is 1. The summed E-state index contributed by atoms with van der Waals surface area (Å²) in [4.78, 5) is 17.0. The second kappa shape index (κ2) is 7.11. The van der Waals surface area contributed by atoms with Gasteiger partial charge in [-0.25, -0.2) is 4.39 Å². The summed E-state index contributed by atoms with van der Waals surface area (Å²) in [5.74, 6) is 0.0920. The zero-order valence-electron chi connectivity index (χ0n) is 14.7. The van der Waals surface area contributed by atoms with Crippen LogP contribution in [-0.2, 0) is 11.3 Å². The Morgan fingerprint density at radius 1 is 1.26 bits per heavy atom. The first-order valence-electron chi connectivity index (χ1n) is 8.72. The highest BCUT2D eigenvalue weighted by Gasteiger charge is 2.52. The Balaban J connectivity index is 1.57. The molecule has 1 aliphatic rings. The van der Waals surface area contributed by atoms with Gasteiger partial charge in [-0.1, -0.05) is 30.0 Å². The first kappa shape index (κ1) is 17.7. The Morgan fingerprint density at radius 2 is 2.04 bits per heavy atom. The number of amides is 1. The van der Waals surface area contributed by atoms with E-state index in [1.165, 1.54) is 30.1 Å². The van der Waals surface area contributed by atoms with Gasteiger partial charge in [-0.3, -0.25) is 9.78 Å². The van der Waals surface area contributed by atoms with E-state index < -0.39 is 4.75 Å². The number of rotatable bonds is 6. The maximum absolute atomic E-state index is 13.5. The zero-order chi connectivity index (χ0) is 18.9. The van der Waals surface area contributed by atoms with Crippen LogP contribution in [0.15, 0.2) is 53.8 Å². The fraction of sp³-hybridized carbons (Fsp3) is 0.263. The predicted octanol–water partition coefficient (Wildman–Crippen LogP) is 3.76. The van der Waals surface area contributed by atoms with E-state index in [-0.39, 0.29) is 11.7 Å². The lowest BCUT2D eigenvalue weighted by Gasteiger charge is -2.15. The van der Waals surface area contributed by atoms with Crippen LogP contribution in [0.3, 0.4) is 0 Å². The molecule has 27 heavy (non-hydrogen) atoms. The zero-order valence-corrected chi connectivity index (χ0v) is 15.5. The summed E-state index contributed by atoms with van der Waals surface area (Å²) in [6.45, 7) is 2.55. The van der Waals surface area contributed by atoms with E-state index in [1.54, 1.807) is 0 Å². The van der Waals surface area contributed by atoms with Crippen molar-refractivity contribution in [1.29, 1.82) is 0 Å². The average molecular weight is 383 g/mol. The number of hydrogen-bond acceptors (Lipinski definition) is 5. The van der Waals surface area contributed by atoms with Crippen LogP contribution in [0.1, 0.15) is 19.8 Å². The lowest BCUT2D eigenvalue weighted by Crippen LogP contribution is -2.27. The van der Waals surface area contributed by atoms with Crippen molar-refractivity contribution in [2.75, 3.05) is 5.32 Å². The largest absolute Gasteiger partial charge is 0.325 e. The smallest absolute Gasteiger partial charge is 0.241 e. The molecule has 0 atom stereocenters. The van der Waals surface area contributed by atoms with Gasteiger partial charge >= 0.3 is 0 Å². The van der Waals surface area contributed by atoms with Gasteiger partial charge < -0.3 is 9.88 Å². The molecule has 2 aromatic heterocycles. The van der Waals surface area contributed by atoms with Crippen LogP contribution in [-0.4, -0.2) is 30.4 Å². The molecule has 138 valence electrons. The highest BCUT2D eigenvalue weighted by molar-refractivity contribution is 8.01. The molecule has 1 aromatic carbocycles. The van der Waals surface area contributed by atoms with E-state index in [9.17, 15) is 9.18 Å². The van der Waals surface area contributed by atoms with Gasteiger partial charge in [0.05, 0.1) is 0 Å². The van der Waals surface area contributed by atoms with E-state index in [4.69, 9.17) is 0 Å². The SMILES string of the molecule is CCn1c(SC2(C(=O)Nc3ccccc3)CC2)nnc1-c1cc(F)ccn1. The molecule has 1 amide bonds. The summed E-state index contributed by atoms with van der Waals surface area (Å²) >= 11 is 1.41. The number of carbonyl (C=O) groups excluding carboxylic acids is 1. The van der Waals surface area contributed by atoms with Crippen LogP contribution in [0.25, 0.3) is 11.5 Å². The normalized spacial score (nSPS) is 14.7. The van der Waals surface area contributed by atoms with Gasteiger partial charge in [0.15, 0.2) is 11.0 Å². The second-order valence-electron chi connectivity index (χ2n) is 6.33. The molecule has 1 aliphatic carbocycles. The second-order valence-corrected chi connectivity index (χ2v) is 7.68. The van der Waals surface area contributed by atoms with Crippen molar-refractivity contribution in [3.63, 3.8) is 0 Å². The minimum absolute atomic E-state index is 0.0326. The van der Waals surface area contributed by atoms with E-state index in [0.717, 1.165) is 18.5 Å². The molecule has 1 N–H and O–H groups in total. The summed E-state index contributed by atoms with van der Waals surface area (Å²) in [5, 5.41) is 12.0. The van der Waals surface area contributed by atoms with Gasteiger partial charge in [0.1, 0.15) is 16.3 Å². The van der Waals surface area contributed by atoms with Gasteiger partial charge in [0.25, 0.3) is 0 Å². The van der Waals surface area contributed by atoms with Gasteiger partial charge in [-0.15, -0.1) is 10.2 Å². The summed E-state index contributed by atoms with van der Waals surface area (Å²) < 4.78 is 14.9. The number of aromatic nitrogens is 4. The molecule has 1 saturated carbocycles. The Morgan fingerprint density at radius 3 is 2.70 bits per heavy atom. The van der Waals surface area contributed by atoms with Gasteiger partial charge in [-0.2, -0.15) is 0 Å². The highest BCUT2D eigenvalue weighted by atomic mass is 32.2. The average Bonchev–Trinajstić information content (AvgIpc) is 3.35. The topological polar surface area (TPSA) is 72.7 Å². The van der Waals surface area contributed by atoms with Crippen molar-refractivity contribution in [2.24, 2.45) is 0 Å². The summed E-state index contributed by atoms with van der Waals surface area (Å²) in [6, 6.07) is 12.0. The van der Waals surface area contributed by atoms with E-state index in [2.05, 4.69) is 20.5 Å². The number of pyridine rings is 1. The van der Waals surface area contributed by atoms with Crippen LogP contribution in [0.5, 0.6) is 0 Å². The van der Waals surface area contributed by atoms with Gasteiger partial charge in [0.2, 0.25) is 5.91 Å². The lowest BCUT2D eigenvalue weighted by atomic mass is 10.3. The van der Waals surface area contributed by atoms with E-state index in [0.29, 0.717) is 23.2 Å². The molecule has 3 aromatic rings. The lowest BCUT2D eigenvalue weighted by molar-refractivity contribution is -0.116. The molecular weight excluding hydrogens is 365 g/mol. The molecule has 0 unspecified atom stereocenters. The number of anilines is 1. The number of hydrogen-bond donors (Lipinski definition) is 1. The summed E-state index contributed by atoms with van der Waals surface area (Å²) in [7, 11) is 0. The highest BCUT2D eigenvalue weighted by Crippen LogP contribution is 2.52. The Labute approximate surface area is 160 Å². The van der Waals surface area contributed by atoms with Crippen molar-refractivity contribution in [3.05, 3.63) is 54.5 Å². The molecule has 2 heterocycles. The Bertz CT molecular complexity index is 971. The van der Waals surface area contributed by atoms with Crippen molar-refractivity contribution >= 4 is 23.4 Å². The van der Waals surface area contributed by atoms with Gasteiger partial charge in [0, 0.05) is 24.5 Å². The summed E-state index contributed by atoms with van der Waals surface area (Å²) in [6.07, 6.45) is 2.96. The Hall–Kier alpha value is -2.74. The van der Waals surface area contributed by atoms with Crippen LogP contribution in [0, 0.1) is 5.82 Å². The number of benzene rings is 1. The molecular formula is C19H18FN5OS. The number of thioether (sulfide) groups is 1. The molecule has 0 saturated heterocycles. The first-order valence-corrected chi connectivity index (χ1v) is 9.53. The first-order chi connectivity index (χ1) is 13.1. The predicted molar refractivity (Wildman–Crippen MR) is 102 cm³/mol. The fourth-order valence-electron chi connectivity index (χ4n) is 2.80. The third-order valence-electron chi connectivity index (χ3n) is 4.42. The molecule has 0 spiro atoms. The summed E-state index contributed by atoms with van der Waals surface area (Å²) in [5.41, 5.74) is 1.20. The minimum Gasteiger partial charge on any atom is -0.325 e. The van der Waals surface area contributed by atoms with Crippen molar-refractivity contribution in [3.8, 4) is 11.5 Å². The monoisotopic (exact) mass is 383 g/mol. The third-order valence-corrected chi connectivity index (χ3v) is 5.89. The van der Waals surface area contributed by atoms with Crippen LogP contribution >= 0.6 is 11.8 Å². The standard InChI is InChI=1S/C19H18FN5OS/c1-2-25-16(15-12-13(20)8-11-21-15)23-24-18(25)27-19(9-10-19)17(26)22-14-6-4-3-5-7-14/h3-8,11-12H,2,9-10H2,1H3,(H,22,26). The number of halogens is 1. The number of carbonyl (C=O) groups is 1. The molecule has 0 aliphatic heterocycles. The number of para-hydroxylation sites is 1. The molecule has 0 bridgehead atoms. The maximum atomic E-state index is 13.5. The van der Waals surface area contributed by atoms with E-state index in [1.807, 2.05) is 41.8 Å². The number of nitrogens with zero attached hydrogens (tertiary/aromatic N) is 4. The van der Waals surface area contributed by atoms with Crippen molar-refractivity contribution in [1.82, 2.24) is 19.7 Å². The maximum Gasteiger partial charge on any atom is 0.241 e. The fourth-order valence-corrected chi connectivity index (χ4v) is 4.00. The molecule has 0 radical (unpaired) electrons. The minimum atomic E-state index is -0.539.